The van der Waals surface area contributed by atoms with Crippen molar-refractivity contribution < 1.29 is 0 Å². The van der Waals surface area contributed by atoms with Gasteiger partial charge in [0.05, 0.1) is 33.1 Å². The first kappa shape index (κ1) is 40.7. The van der Waals surface area contributed by atoms with E-state index in [9.17, 15) is 0 Å². The fraction of sp³-hybridized carbons (Fsp3) is 0. The van der Waals surface area contributed by atoms with Crippen LogP contribution in [-0.4, -0.2) is 34.1 Å². The number of nitrogens with zero attached hydrogens (tertiary/aromatic N) is 5. The first-order valence-electron chi connectivity index (χ1n) is 23.5. The van der Waals surface area contributed by atoms with Crippen molar-refractivity contribution in [3.63, 3.8) is 0 Å². The molecule has 2 N–H and O–H groups in total. The van der Waals surface area contributed by atoms with E-state index in [0.29, 0.717) is 5.82 Å². The van der Waals surface area contributed by atoms with Crippen molar-refractivity contribution in [3.05, 3.63) is 249 Å². The molecule has 0 atom stereocenters. The second kappa shape index (κ2) is 17.2. The molecule has 5 aromatic heterocycles. The number of para-hydroxylation sites is 6. The van der Waals surface area contributed by atoms with Gasteiger partial charge in [0, 0.05) is 71.1 Å². The maximum Gasteiger partial charge on any atom is 0.162 e. The van der Waals surface area contributed by atoms with Crippen molar-refractivity contribution >= 4 is 87.2 Å². The number of aromatic amines is 2. The lowest BCUT2D eigenvalue weighted by Gasteiger charge is -2.08. The van der Waals surface area contributed by atoms with Crippen LogP contribution < -0.4 is 0 Å². The lowest BCUT2D eigenvalue weighted by Crippen LogP contribution is -1.93. The molecule has 70 heavy (non-hydrogen) atoms. The van der Waals surface area contributed by atoms with Crippen molar-refractivity contribution in [2.45, 2.75) is 0 Å². The molecule has 15 aromatic rings. The van der Waals surface area contributed by atoms with E-state index in [4.69, 9.17) is 0 Å². The van der Waals surface area contributed by atoms with Crippen molar-refractivity contribution in [1.29, 1.82) is 0 Å². The fourth-order valence-electron chi connectivity index (χ4n) is 10.3. The second-order valence-electron chi connectivity index (χ2n) is 17.4. The maximum atomic E-state index is 4.13. The molecular formula is C63H43N7. The number of hydrogen-bond donors (Lipinski definition) is 2. The van der Waals surface area contributed by atoms with Gasteiger partial charge in [-0.2, -0.15) is 0 Å². The van der Waals surface area contributed by atoms with Crippen LogP contribution in [0.15, 0.2) is 249 Å². The Morgan fingerprint density at radius 2 is 0.657 bits per heavy atom. The average Bonchev–Trinajstić information content (AvgIpc) is 4.20. The number of aromatic nitrogens is 7. The fourth-order valence-corrected chi connectivity index (χ4v) is 10.3. The van der Waals surface area contributed by atoms with Crippen LogP contribution in [0.4, 0.5) is 0 Å². The first-order chi connectivity index (χ1) is 34.8. The standard InChI is InChI=1S/2C24H16N2.C15H11N3/c2*1-2-8-16(9-3-1)26-22-13-7-5-11-18(22)20-15-14-19-17-10-4-6-12-21(17)25-23(19)24(20)26;1-2-4-12(5-3-1)13-6-8-14(9-7-13)15-17-10-16-11-18-15/h2*1-15,25H;1-11H. The normalized spacial score (nSPS) is 11.4. The summed E-state index contributed by atoms with van der Waals surface area (Å²) in [6.45, 7) is 0. The van der Waals surface area contributed by atoms with Gasteiger partial charge < -0.3 is 19.1 Å². The summed E-state index contributed by atoms with van der Waals surface area (Å²) in [6.07, 6.45) is 3.01. The molecule has 0 spiro atoms. The van der Waals surface area contributed by atoms with Gasteiger partial charge in [-0.1, -0.05) is 188 Å². The highest BCUT2D eigenvalue weighted by molar-refractivity contribution is 6.24. The van der Waals surface area contributed by atoms with E-state index >= 15 is 0 Å². The zero-order valence-corrected chi connectivity index (χ0v) is 37.9. The molecular weight excluding hydrogens is 855 g/mol. The molecule has 0 saturated heterocycles. The zero-order valence-electron chi connectivity index (χ0n) is 37.9. The van der Waals surface area contributed by atoms with Gasteiger partial charge in [-0.3, -0.25) is 0 Å². The van der Waals surface area contributed by atoms with Gasteiger partial charge in [0.15, 0.2) is 5.82 Å². The molecule has 15 rings (SSSR count). The van der Waals surface area contributed by atoms with Gasteiger partial charge >= 0.3 is 0 Å². The van der Waals surface area contributed by atoms with E-state index in [0.717, 1.165) is 5.56 Å². The van der Waals surface area contributed by atoms with Crippen LogP contribution in [-0.2, 0) is 0 Å². The number of benzene rings is 10. The highest BCUT2D eigenvalue weighted by atomic mass is 15.0. The molecule has 0 saturated carbocycles. The van der Waals surface area contributed by atoms with Gasteiger partial charge in [0.2, 0.25) is 0 Å². The Hall–Kier alpha value is -9.59. The molecule has 0 radical (unpaired) electrons. The molecule has 7 nitrogen and oxygen atoms in total. The minimum Gasteiger partial charge on any atom is -0.353 e. The summed E-state index contributed by atoms with van der Waals surface area (Å²) in [6, 6.07) is 83.1. The Labute approximate surface area is 402 Å². The second-order valence-corrected chi connectivity index (χ2v) is 17.4. The quantitative estimate of drug-likeness (QED) is 0.185. The van der Waals surface area contributed by atoms with Gasteiger partial charge in [-0.15, -0.1) is 0 Å². The van der Waals surface area contributed by atoms with Crippen molar-refractivity contribution in [3.8, 4) is 33.9 Å². The molecule has 0 aliphatic heterocycles. The molecule has 0 fully saturated rings. The Bertz CT molecular complexity index is 4040. The maximum absolute atomic E-state index is 4.13. The third kappa shape index (κ3) is 6.95. The van der Waals surface area contributed by atoms with Gasteiger partial charge in [0.25, 0.3) is 0 Å². The van der Waals surface area contributed by atoms with E-state index in [2.05, 4.69) is 240 Å². The van der Waals surface area contributed by atoms with Crippen molar-refractivity contribution in [2.24, 2.45) is 0 Å². The highest BCUT2D eigenvalue weighted by Crippen LogP contribution is 2.40. The van der Waals surface area contributed by atoms with Crippen LogP contribution >= 0.6 is 0 Å². The van der Waals surface area contributed by atoms with Gasteiger partial charge in [-0.05, 0) is 59.7 Å². The highest BCUT2D eigenvalue weighted by Gasteiger charge is 2.18. The molecule has 330 valence electrons. The molecule has 0 unspecified atom stereocenters. The predicted molar refractivity (Wildman–Crippen MR) is 291 cm³/mol. The number of H-pyrrole nitrogens is 2. The van der Waals surface area contributed by atoms with Crippen LogP contribution in [0.5, 0.6) is 0 Å². The van der Waals surface area contributed by atoms with E-state index in [1.165, 1.54) is 122 Å². The average molecular weight is 898 g/mol. The predicted octanol–water partition coefficient (Wildman–Crippen LogP) is 16.0. The third-order valence-corrected chi connectivity index (χ3v) is 13.4. The third-order valence-electron chi connectivity index (χ3n) is 13.4. The SMILES string of the molecule is c1ccc(-c2ccc(-c3ncncn3)cc2)cc1.c1ccc(-n2c3ccccc3c3ccc4c5ccccc5[nH]c4c32)cc1.c1ccc(-n2c3ccccc3c3ccc4c5ccccc5[nH]c4c32)cc1. The Morgan fingerprint density at radius 3 is 1.14 bits per heavy atom. The molecule has 10 aromatic carbocycles. The van der Waals surface area contributed by atoms with Crippen LogP contribution in [0.2, 0.25) is 0 Å². The van der Waals surface area contributed by atoms with E-state index < -0.39 is 0 Å². The van der Waals surface area contributed by atoms with Gasteiger partial charge in [0.1, 0.15) is 12.7 Å². The molecule has 0 aliphatic rings. The summed E-state index contributed by atoms with van der Waals surface area (Å²) >= 11 is 0. The first-order valence-corrected chi connectivity index (χ1v) is 23.5. The number of rotatable bonds is 4. The summed E-state index contributed by atoms with van der Waals surface area (Å²) in [5, 5.41) is 10.2. The van der Waals surface area contributed by atoms with E-state index in [1.807, 2.05) is 30.3 Å². The lowest BCUT2D eigenvalue weighted by molar-refractivity contribution is 1.06. The van der Waals surface area contributed by atoms with Crippen molar-refractivity contribution in [1.82, 2.24) is 34.1 Å². The largest absolute Gasteiger partial charge is 0.353 e. The molecule has 7 heteroatoms. The summed E-state index contributed by atoms with van der Waals surface area (Å²) in [7, 11) is 0. The Morgan fingerprint density at radius 1 is 0.286 bits per heavy atom. The summed E-state index contributed by atoms with van der Waals surface area (Å²) in [5.74, 6) is 0.699. The van der Waals surface area contributed by atoms with Crippen molar-refractivity contribution in [2.75, 3.05) is 0 Å². The number of fused-ring (bicyclic) bond motifs is 14. The van der Waals surface area contributed by atoms with E-state index in [-0.39, 0.29) is 0 Å². The Balaban J connectivity index is 0.000000105. The molecule has 5 heterocycles. The van der Waals surface area contributed by atoms with Crippen LogP contribution in [0.3, 0.4) is 0 Å². The van der Waals surface area contributed by atoms with Gasteiger partial charge in [-0.25, -0.2) is 15.0 Å². The monoisotopic (exact) mass is 897 g/mol. The zero-order chi connectivity index (χ0) is 46.4. The van der Waals surface area contributed by atoms with Crippen LogP contribution in [0, 0.1) is 0 Å². The minimum atomic E-state index is 0.699. The molecule has 0 aliphatic carbocycles. The minimum absolute atomic E-state index is 0.699. The van der Waals surface area contributed by atoms with Crippen LogP contribution in [0.1, 0.15) is 0 Å². The summed E-state index contributed by atoms with van der Waals surface area (Å²) in [5.41, 5.74) is 15.5. The smallest absolute Gasteiger partial charge is 0.162 e. The number of nitrogens with one attached hydrogen (secondary N) is 2. The van der Waals surface area contributed by atoms with E-state index in [1.54, 1.807) is 0 Å². The number of hydrogen-bond acceptors (Lipinski definition) is 3. The van der Waals surface area contributed by atoms with Crippen LogP contribution in [0.25, 0.3) is 121 Å². The summed E-state index contributed by atoms with van der Waals surface area (Å²) in [4.78, 5) is 19.4. The summed E-state index contributed by atoms with van der Waals surface area (Å²) < 4.78 is 4.75. The topological polar surface area (TPSA) is 80.1 Å². The lowest BCUT2D eigenvalue weighted by atomic mass is 10.0. The molecule has 0 bridgehead atoms. The Kier molecular flexibility index (Phi) is 10.0. The molecule has 0 amide bonds.